The Kier molecular flexibility index (Phi) is 3.02. The molecule has 0 saturated heterocycles. The highest BCUT2D eigenvalue weighted by molar-refractivity contribution is 5.98. The van der Waals surface area contributed by atoms with Crippen LogP contribution < -0.4 is 5.32 Å². The first-order chi connectivity index (χ1) is 9.65. The van der Waals surface area contributed by atoms with E-state index in [0.29, 0.717) is 23.4 Å². The number of hydrogen-bond donors (Lipinski definition) is 1. The van der Waals surface area contributed by atoms with E-state index in [9.17, 15) is 9.18 Å². The molecule has 4 nitrogen and oxygen atoms in total. The lowest BCUT2D eigenvalue weighted by Gasteiger charge is -2.05. The highest BCUT2D eigenvalue weighted by Crippen LogP contribution is 2.19. The molecule has 0 fully saturated rings. The third-order valence-corrected chi connectivity index (χ3v) is 3.24. The Labute approximate surface area is 114 Å². The fourth-order valence-electron chi connectivity index (χ4n) is 2.21. The molecule has 0 saturated carbocycles. The van der Waals surface area contributed by atoms with Crippen LogP contribution in [0.15, 0.2) is 47.1 Å². The Morgan fingerprint density at radius 1 is 1.35 bits per heavy atom. The maximum Gasteiger partial charge on any atom is 0.268 e. The highest BCUT2D eigenvalue weighted by Gasteiger charge is 2.13. The number of amides is 1. The van der Waals surface area contributed by atoms with Gasteiger partial charge in [0.1, 0.15) is 17.3 Å². The maximum atomic E-state index is 13.2. The predicted octanol–water partition coefficient (Wildman–Crippen LogP) is 2.84. The van der Waals surface area contributed by atoms with Crippen molar-refractivity contribution in [2.45, 2.75) is 6.54 Å². The smallest absolute Gasteiger partial charge is 0.268 e. The number of furan rings is 1. The zero-order chi connectivity index (χ0) is 14.1. The number of aromatic nitrogens is 1. The molecule has 5 heteroatoms. The Morgan fingerprint density at radius 3 is 2.95 bits per heavy atom. The molecule has 2 heterocycles. The Bertz CT molecular complexity index is 760. The predicted molar refractivity (Wildman–Crippen MR) is 72.8 cm³/mol. The van der Waals surface area contributed by atoms with Crippen LogP contribution in [0.1, 0.15) is 16.2 Å². The zero-order valence-electron chi connectivity index (χ0n) is 10.9. The molecule has 0 spiro atoms. The number of nitrogens with zero attached hydrogens (tertiary/aromatic N) is 1. The number of fused-ring (bicyclic) bond motifs is 1. The quantitative estimate of drug-likeness (QED) is 0.797. The first-order valence-corrected chi connectivity index (χ1v) is 6.21. The Morgan fingerprint density at radius 2 is 2.20 bits per heavy atom. The second-order valence-corrected chi connectivity index (χ2v) is 4.55. The summed E-state index contributed by atoms with van der Waals surface area (Å²) in [6, 6.07) is 9.69. The number of carbonyl (C=O) groups is 1. The van der Waals surface area contributed by atoms with Crippen LogP contribution in [-0.2, 0) is 13.6 Å². The number of carbonyl (C=O) groups excluding carboxylic acids is 1. The van der Waals surface area contributed by atoms with Crippen molar-refractivity contribution >= 4 is 16.8 Å². The van der Waals surface area contributed by atoms with E-state index in [2.05, 4.69) is 5.32 Å². The molecule has 0 unspecified atom stereocenters. The molecule has 1 N–H and O–H groups in total. The van der Waals surface area contributed by atoms with Crippen LogP contribution in [-0.4, -0.2) is 10.5 Å². The molecule has 0 aliphatic rings. The van der Waals surface area contributed by atoms with Gasteiger partial charge in [-0.15, -0.1) is 0 Å². The van der Waals surface area contributed by atoms with Crippen LogP contribution in [0, 0.1) is 5.82 Å². The van der Waals surface area contributed by atoms with E-state index in [1.165, 1.54) is 12.1 Å². The maximum absolute atomic E-state index is 13.2. The highest BCUT2D eigenvalue weighted by atomic mass is 19.1. The van der Waals surface area contributed by atoms with E-state index in [0.717, 1.165) is 5.52 Å². The van der Waals surface area contributed by atoms with Crippen LogP contribution >= 0.6 is 0 Å². The van der Waals surface area contributed by atoms with Crippen LogP contribution in [0.3, 0.4) is 0 Å². The minimum absolute atomic E-state index is 0.222. The van der Waals surface area contributed by atoms with Crippen molar-refractivity contribution in [3.63, 3.8) is 0 Å². The summed E-state index contributed by atoms with van der Waals surface area (Å²) in [5.74, 6) is 0.148. The Hall–Kier alpha value is -2.56. The summed E-state index contributed by atoms with van der Waals surface area (Å²) in [4.78, 5) is 12.1. The average molecular weight is 272 g/mol. The summed E-state index contributed by atoms with van der Waals surface area (Å²) in [7, 11) is 1.78. The molecule has 0 aliphatic heterocycles. The molecule has 1 aromatic carbocycles. The van der Waals surface area contributed by atoms with Crippen molar-refractivity contribution in [3.8, 4) is 0 Å². The Balaban J connectivity index is 1.85. The van der Waals surface area contributed by atoms with Crippen molar-refractivity contribution in [1.29, 1.82) is 0 Å². The van der Waals surface area contributed by atoms with Gasteiger partial charge in [0.05, 0.1) is 12.8 Å². The van der Waals surface area contributed by atoms with Gasteiger partial charge in [-0.3, -0.25) is 4.79 Å². The van der Waals surface area contributed by atoms with Crippen LogP contribution in [0.25, 0.3) is 10.9 Å². The number of hydrogen-bond acceptors (Lipinski definition) is 2. The van der Waals surface area contributed by atoms with Gasteiger partial charge in [-0.25, -0.2) is 4.39 Å². The molecule has 0 atom stereocenters. The van der Waals surface area contributed by atoms with Gasteiger partial charge in [-0.1, -0.05) is 0 Å². The van der Waals surface area contributed by atoms with Gasteiger partial charge in [0.25, 0.3) is 5.91 Å². The molecule has 2 aromatic heterocycles. The minimum Gasteiger partial charge on any atom is -0.467 e. The molecule has 0 aliphatic carbocycles. The van der Waals surface area contributed by atoms with Gasteiger partial charge < -0.3 is 14.3 Å². The zero-order valence-corrected chi connectivity index (χ0v) is 10.9. The summed E-state index contributed by atoms with van der Waals surface area (Å²) >= 11 is 0. The lowest BCUT2D eigenvalue weighted by molar-refractivity contribution is 0.0940. The number of rotatable bonds is 3. The van der Waals surface area contributed by atoms with Gasteiger partial charge >= 0.3 is 0 Å². The first-order valence-electron chi connectivity index (χ1n) is 6.21. The van der Waals surface area contributed by atoms with E-state index in [4.69, 9.17) is 4.42 Å². The van der Waals surface area contributed by atoms with Gasteiger partial charge in [0, 0.05) is 18.0 Å². The van der Waals surface area contributed by atoms with Crippen molar-refractivity contribution in [2.75, 3.05) is 0 Å². The van der Waals surface area contributed by atoms with E-state index in [1.54, 1.807) is 42.1 Å². The normalized spacial score (nSPS) is 10.9. The SMILES string of the molecule is Cn1c(C(=O)NCc2ccco2)cc2cc(F)ccc21. The molecular weight excluding hydrogens is 259 g/mol. The fraction of sp³-hybridized carbons (Fsp3) is 0.133. The minimum atomic E-state index is -0.314. The monoisotopic (exact) mass is 272 g/mol. The summed E-state index contributed by atoms with van der Waals surface area (Å²) in [6.07, 6.45) is 1.56. The van der Waals surface area contributed by atoms with E-state index >= 15 is 0 Å². The number of benzene rings is 1. The molecule has 20 heavy (non-hydrogen) atoms. The molecule has 1 amide bonds. The molecular formula is C15H13FN2O2. The second kappa shape index (κ2) is 4.85. The van der Waals surface area contributed by atoms with E-state index < -0.39 is 0 Å². The third-order valence-electron chi connectivity index (χ3n) is 3.24. The number of aryl methyl sites for hydroxylation is 1. The lowest BCUT2D eigenvalue weighted by Crippen LogP contribution is -2.24. The van der Waals surface area contributed by atoms with E-state index in [-0.39, 0.29) is 11.7 Å². The molecule has 3 aromatic rings. The van der Waals surface area contributed by atoms with Gasteiger partial charge in [-0.2, -0.15) is 0 Å². The van der Waals surface area contributed by atoms with Crippen LogP contribution in [0.2, 0.25) is 0 Å². The first kappa shape index (κ1) is 12.5. The largest absolute Gasteiger partial charge is 0.467 e. The molecule has 0 radical (unpaired) electrons. The third kappa shape index (κ3) is 2.18. The van der Waals surface area contributed by atoms with Crippen molar-refractivity contribution in [1.82, 2.24) is 9.88 Å². The van der Waals surface area contributed by atoms with Crippen molar-refractivity contribution in [3.05, 3.63) is 59.9 Å². The van der Waals surface area contributed by atoms with E-state index in [1.807, 2.05) is 0 Å². The average Bonchev–Trinajstić information content (AvgIpc) is 3.04. The van der Waals surface area contributed by atoms with Crippen molar-refractivity contribution in [2.24, 2.45) is 7.05 Å². The topological polar surface area (TPSA) is 47.2 Å². The van der Waals surface area contributed by atoms with Crippen LogP contribution in [0.4, 0.5) is 4.39 Å². The number of halogens is 1. The number of nitrogens with one attached hydrogen (secondary N) is 1. The van der Waals surface area contributed by atoms with Crippen LogP contribution in [0.5, 0.6) is 0 Å². The van der Waals surface area contributed by atoms with Gasteiger partial charge in [0.15, 0.2) is 0 Å². The summed E-state index contributed by atoms with van der Waals surface area (Å²) < 4.78 is 20.1. The lowest BCUT2D eigenvalue weighted by atomic mass is 10.2. The summed E-state index contributed by atoms with van der Waals surface area (Å²) in [5.41, 5.74) is 1.30. The fourth-order valence-corrected chi connectivity index (χ4v) is 2.21. The summed E-state index contributed by atoms with van der Waals surface area (Å²) in [6.45, 7) is 0.321. The van der Waals surface area contributed by atoms with Gasteiger partial charge in [-0.05, 0) is 36.4 Å². The molecule has 0 bridgehead atoms. The second-order valence-electron chi connectivity index (χ2n) is 4.55. The summed E-state index contributed by atoms with van der Waals surface area (Å²) in [5, 5.41) is 3.47. The standard InChI is InChI=1S/C15H13FN2O2/c1-18-13-5-4-11(16)7-10(13)8-14(18)15(19)17-9-12-3-2-6-20-12/h2-8H,9H2,1H3,(H,17,19). The van der Waals surface area contributed by atoms with Gasteiger partial charge in [0.2, 0.25) is 0 Å². The van der Waals surface area contributed by atoms with Crippen molar-refractivity contribution < 1.29 is 13.6 Å². The molecule has 3 rings (SSSR count). The molecule has 102 valence electrons.